The van der Waals surface area contributed by atoms with Crippen molar-refractivity contribution < 1.29 is 22.8 Å². The number of rotatable bonds is 11. The van der Waals surface area contributed by atoms with Crippen molar-refractivity contribution in [1.82, 2.24) is 29.9 Å². The molecule has 0 amide bonds. The van der Waals surface area contributed by atoms with E-state index >= 15 is 0 Å². The molecule has 0 radical (unpaired) electrons. The zero-order chi connectivity index (χ0) is 72.2. The van der Waals surface area contributed by atoms with Crippen LogP contribution in [0.15, 0.2) is 317 Å². The molecular weight excluding hydrogens is 1260 g/mol. The van der Waals surface area contributed by atoms with Crippen molar-refractivity contribution in [3.05, 3.63) is 356 Å². The summed E-state index contributed by atoms with van der Waals surface area (Å²) in [5.74, 6) is 0.790. The van der Waals surface area contributed by atoms with Gasteiger partial charge in [-0.25, -0.2) is 32.8 Å². The molecule has 0 aliphatic rings. The lowest BCUT2D eigenvalue weighted by Gasteiger charge is -2.07. The second kappa shape index (κ2) is 34.5. The molecule has 10 heterocycles. The second-order valence-electron chi connectivity index (χ2n) is 25.7. The van der Waals surface area contributed by atoms with Crippen molar-refractivity contribution in [2.24, 2.45) is 35.2 Å². The molecule has 15 aromatic rings. The minimum absolute atomic E-state index is 0.790. The summed E-state index contributed by atoms with van der Waals surface area (Å²) in [5.41, 5.74) is 31.5. The summed E-state index contributed by atoms with van der Waals surface area (Å²) in [7, 11) is 10.4. The molecule has 0 saturated heterocycles. The Hall–Kier alpha value is -12.5. The predicted octanol–water partition coefficient (Wildman–Crippen LogP) is 18.0. The lowest BCUT2D eigenvalue weighted by atomic mass is 10.0. The zero-order valence-electron chi connectivity index (χ0n) is 61.1. The van der Waals surface area contributed by atoms with E-state index in [1.807, 2.05) is 68.2 Å². The van der Waals surface area contributed by atoms with Gasteiger partial charge in [0, 0.05) is 147 Å². The Morgan fingerprint density at radius 3 is 0.913 bits per heavy atom. The van der Waals surface area contributed by atoms with Gasteiger partial charge in [-0.1, -0.05) is 110 Å². The van der Waals surface area contributed by atoms with E-state index in [-0.39, 0.29) is 0 Å². The van der Waals surface area contributed by atoms with Gasteiger partial charge in [0.25, 0.3) is 0 Å². The van der Waals surface area contributed by atoms with E-state index in [1.54, 1.807) is 18.6 Å². The third-order valence-corrected chi connectivity index (χ3v) is 18.4. The first-order valence-corrected chi connectivity index (χ1v) is 34.9. The van der Waals surface area contributed by atoms with Crippen LogP contribution in [0.1, 0.15) is 46.3 Å². The highest BCUT2D eigenvalue weighted by Crippen LogP contribution is 2.29. The number of nitrogens with zero attached hydrogens (tertiary/aromatic N) is 11. The van der Waals surface area contributed by atoms with Crippen molar-refractivity contribution >= 4 is 0 Å². The molecule has 15 rings (SSSR count). The van der Waals surface area contributed by atoms with E-state index in [4.69, 9.17) is 0 Å². The van der Waals surface area contributed by atoms with Crippen molar-refractivity contribution in [3.8, 4) is 112 Å². The van der Waals surface area contributed by atoms with Gasteiger partial charge in [-0.15, -0.1) is 0 Å². The number of pyridine rings is 9. The van der Waals surface area contributed by atoms with Crippen LogP contribution in [0.3, 0.4) is 0 Å². The third kappa shape index (κ3) is 18.3. The van der Waals surface area contributed by atoms with Gasteiger partial charge >= 0.3 is 0 Å². The van der Waals surface area contributed by atoms with Crippen molar-refractivity contribution in [3.63, 3.8) is 0 Å². The summed E-state index contributed by atoms with van der Waals surface area (Å²) in [6.45, 7) is 14.8. The Balaban J connectivity index is 0.000000129. The van der Waals surface area contributed by atoms with Crippen LogP contribution >= 0.6 is 0 Å². The van der Waals surface area contributed by atoms with Crippen LogP contribution in [0.25, 0.3) is 112 Å². The summed E-state index contributed by atoms with van der Waals surface area (Å²) >= 11 is 0. The minimum atomic E-state index is 0.790. The minimum Gasteiger partial charge on any atom is -0.265 e. The molecule has 11 heteroatoms. The van der Waals surface area contributed by atoms with E-state index in [9.17, 15) is 0 Å². The largest absolute Gasteiger partial charge is 0.265 e. The molecule has 508 valence electrons. The van der Waals surface area contributed by atoms with Gasteiger partial charge in [0.2, 0.25) is 28.5 Å². The average molecular weight is 1350 g/mol. The van der Waals surface area contributed by atoms with E-state index in [0.717, 1.165) is 40.3 Å². The first kappa shape index (κ1) is 71.8. The van der Waals surface area contributed by atoms with Gasteiger partial charge in [0.05, 0.1) is 11.3 Å². The fourth-order valence-corrected chi connectivity index (χ4v) is 12.7. The molecule has 103 heavy (non-hydrogen) atoms. The highest BCUT2D eigenvalue weighted by molar-refractivity contribution is 5.71. The number of aryl methyl sites for hydroxylation is 12. The van der Waals surface area contributed by atoms with Gasteiger partial charge in [-0.05, 0) is 190 Å². The fourth-order valence-electron chi connectivity index (χ4n) is 12.7. The summed E-state index contributed by atoms with van der Waals surface area (Å²) in [4.78, 5) is 25.4. The van der Waals surface area contributed by atoms with Crippen LogP contribution in [0.2, 0.25) is 0 Å². The Kier molecular flexibility index (Phi) is 24.1. The summed E-state index contributed by atoms with van der Waals surface area (Å²) in [6.07, 6.45) is 26.4. The maximum Gasteiger partial charge on any atom is 0.212 e. The Labute approximate surface area is 607 Å². The topological polar surface area (TPSA) is 96.7 Å². The molecule has 11 nitrogen and oxygen atoms in total. The second-order valence-corrected chi connectivity index (χ2v) is 25.7. The van der Waals surface area contributed by atoms with Crippen molar-refractivity contribution in [1.29, 1.82) is 0 Å². The van der Waals surface area contributed by atoms with Gasteiger partial charge in [-0.3, -0.25) is 19.9 Å². The summed E-state index contributed by atoms with van der Waals surface area (Å²) < 4.78 is 10.9. The first-order chi connectivity index (χ1) is 50.1. The quantitative estimate of drug-likeness (QED) is 0.120. The molecule has 0 atom stereocenters. The van der Waals surface area contributed by atoms with Gasteiger partial charge < -0.3 is 0 Å². The molecule has 5 aromatic carbocycles. The molecule has 0 saturated carbocycles. The normalized spacial score (nSPS) is 10.6. The number of hydrogen-bond acceptors (Lipinski definition) is 6. The lowest BCUT2D eigenvalue weighted by molar-refractivity contribution is -0.660. The molecule has 0 aliphatic heterocycles. The third-order valence-electron chi connectivity index (χ3n) is 18.4. The highest BCUT2D eigenvalue weighted by Gasteiger charge is 2.19. The molecule has 0 fully saturated rings. The predicted molar refractivity (Wildman–Crippen MR) is 417 cm³/mol. The monoisotopic (exact) mass is 1350 g/mol. The Morgan fingerprint density at radius 2 is 0.583 bits per heavy atom. The van der Waals surface area contributed by atoms with E-state index < -0.39 is 0 Å². The number of hydrogen-bond donors (Lipinski definition) is 0. The SMILES string of the molecule is CCc1cc(-c2ccc(-c3ccccc3C)[n+](C)c2)ccn1.Cc1ccccc1-c1ccc(-c2cccnc2)c[n+]1C.Cc1ccccc1-c1ccc(-c2cccnc2)c[n+]1C.Cc1ccccc1-c1ccc(-c2ccncc2)c[n+]1C.Cc1nccc(-c2ccc(-c3ccccc3C)[n+](C)c2)n1. The van der Waals surface area contributed by atoms with E-state index in [2.05, 4.69) is 367 Å². The summed E-state index contributed by atoms with van der Waals surface area (Å²) in [6, 6.07) is 82.3. The van der Waals surface area contributed by atoms with Crippen molar-refractivity contribution in [2.75, 3.05) is 0 Å². The maximum absolute atomic E-state index is 4.48. The van der Waals surface area contributed by atoms with E-state index in [1.165, 1.54) is 117 Å². The number of aromatic nitrogens is 11. The molecular formula is C92H90N11+5. The van der Waals surface area contributed by atoms with Crippen LogP contribution in [0, 0.1) is 41.5 Å². The standard InChI is InChI=1S/C20H21N2.C18H18N3.3C18H17N2/c1-4-18-13-16(11-12-21-18)17-9-10-20(22(3)14-17)19-8-6-5-7-15(19)2;1-13-6-4-5-7-16(13)18-9-8-15(12-21(18)3)17-10-11-19-14(2)20-17;2*1-14-6-3-4-8-17(14)18-10-9-16(13-20(18)2)15-7-5-11-19-12-15;1-14-5-3-4-6-17(14)18-8-7-16(13-20(18)2)15-9-11-19-12-10-15/h5-14H,4H2,1-3H3;4-12H,1-3H3;3*3-13H,1-2H3/q5*+1. The Morgan fingerprint density at radius 1 is 0.262 bits per heavy atom. The molecule has 10 aromatic heterocycles. The van der Waals surface area contributed by atoms with E-state index in [0.29, 0.717) is 0 Å². The van der Waals surface area contributed by atoms with Gasteiger partial charge in [-0.2, -0.15) is 0 Å². The zero-order valence-corrected chi connectivity index (χ0v) is 61.1. The molecule has 0 N–H and O–H groups in total. The van der Waals surface area contributed by atoms with Crippen LogP contribution in [0.5, 0.6) is 0 Å². The lowest BCUT2D eigenvalue weighted by Crippen LogP contribution is -2.30. The van der Waals surface area contributed by atoms with Gasteiger partial charge in [0.15, 0.2) is 31.0 Å². The van der Waals surface area contributed by atoms with Crippen LogP contribution in [0.4, 0.5) is 0 Å². The fraction of sp³-hybridized carbons (Fsp3) is 0.141. The maximum atomic E-state index is 4.48. The molecule has 0 bridgehead atoms. The Bertz CT molecular complexity index is 5040. The summed E-state index contributed by atoms with van der Waals surface area (Å²) in [5, 5.41) is 0. The van der Waals surface area contributed by atoms with Crippen molar-refractivity contribution in [2.45, 2.75) is 54.9 Å². The highest BCUT2D eigenvalue weighted by atomic mass is 14.9. The first-order valence-electron chi connectivity index (χ1n) is 34.9. The average Bonchev–Trinajstić information content (AvgIpc) is 0.835. The smallest absolute Gasteiger partial charge is 0.212 e. The van der Waals surface area contributed by atoms with Crippen LogP contribution < -0.4 is 22.8 Å². The molecule has 0 unspecified atom stereocenters. The molecule has 0 aliphatic carbocycles. The molecule has 0 spiro atoms. The van der Waals surface area contributed by atoms with Gasteiger partial charge in [0.1, 0.15) is 41.1 Å². The van der Waals surface area contributed by atoms with Crippen LogP contribution in [-0.2, 0) is 41.7 Å². The van der Waals surface area contributed by atoms with Crippen LogP contribution in [-0.4, -0.2) is 29.9 Å². The number of benzene rings is 5.